The Hall–Kier alpha value is -5.73. The highest BCUT2D eigenvalue weighted by atomic mass is 15.0. The van der Waals surface area contributed by atoms with Crippen LogP contribution in [0.3, 0.4) is 0 Å². The van der Waals surface area contributed by atoms with Crippen molar-refractivity contribution in [3.05, 3.63) is 131 Å². The molecule has 3 aromatic heterocycles. The zero-order valence-electron chi connectivity index (χ0n) is 30.1. The van der Waals surface area contributed by atoms with Crippen LogP contribution in [-0.2, 0) is 10.8 Å². The molecule has 0 saturated heterocycles. The van der Waals surface area contributed by atoms with Crippen molar-refractivity contribution in [3.63, 3.8) is 0 Å². The Morgan fingerprint density at radius 1 is 0.520 bits per heavy atom. The summed E-state index contributed by atoms with van der Waals surface area (Å²) in [6.45, 7) is 17.5. The molecular weight excluding hydrogens is 611 g/mol. The van der Waals surface area contributed by atoms with Crippen molar-refractivity contribution < 1.29 is 0 Å². The van der Waals surface area contributed by atoms with E-state index in [1.165, 1.54) is 16.5 Å². The molecule has 0 saturated carbocycles. The molecule has 0 spiro atoms. The van der Waals surface area contributed by atoms with Crippen LogP contribution in [0, 0.1) is 25.2 Å². The van der Waals surface area contributed by atoms with Crippen LogP contribution in [0.15, 0.2) is 103 Å². The summed E-state index contributed by atoms with van der Waals surface area (Å²) in [6.07, 6.45) is 0. The van der Waals surface area contributed by atoms with Crippen molar-refractivity contribution in [2.45, 2.75) is 66.2 Å². The van der Waals surface area contributed by atoms with E-state index in [9.17, 15) is 5.26 Å². The lowest BCUT2D eigenvalue weighted by atomic mass is 9.86. The number of para-hydroxylation sites is 2. The van der Waals surface area contributed by atoms with E-state index in [0.717, 1.165) is 66.6 Å². The number of aryl methyl sites for hydroxylation is 2. The average Bonchev–Trinajstić information content (AvgIpc) is 3.58. The zero-order valence-corrected chi connectivity index (χ0v) is 30.1. The van der Waals surface area contributed by atoms with Gasteiger partial charge in [0.2, 0.25) is 0 Å². The summed E-state index contributed by atoms with van der Waals surface area (Å²) in [5.41, 5.74) is 11.6. The van der Waals surface area contributed by atoms with E-state index >= 15 is 0 Å². The minimum Gasteiger partial charge on any atom is -0.308 e. The van der Waals surface area contributed by atoms with E-state index in [1.807, 2.05) is 19.9 Å². The number of rotatable bonds is 3. The van der Waals surface area contributed by atoms with Crippen LogP contribution in [0.2, 0.25) is 0 Å². The molecule has 0 fully saturated rings. The molecule has 50 heavy (non-hydrogen) atoms. The SMILES string of the molecule is Cc1cc(C)nc(-c2cc(-n3c4ccccc4c4ccc(C(C)(C)C)cc43)c(C#N)cc2-n2c3ccccc3c3ccc(C(C)(C)C)cc32)n1. The third kappa shape index (κ3) is 4.98. The topological polar surface area (TPSA) is 59.4 Å². The molecule has 0 atom stereocenters. The van der Waals surface area contributed by atoms with Gasteiger partial charge >= 0.3 is 0 Å². The average molecular weight is 652 g/mol. The molecular formula is C45H41N5. The van der Waals surface area contributed by atoms with Crippen LogP contribution in [0.1, 0.15) is 69.6 Å². The van der Waals surface area contributed by atoms with Crippen molar-refractivity contribution >= 4 is 43.6 Å². The Bertz CT molecular complexity index is 2680. The monoisotopic (exact) mass is 651 g/mol. The van der Waals surface area contributed by atoms with Crippen molar-refractivity contribution in [2.24, 2.45) is 0 Å². The number of hydrogen-bond donors (Lipinski definition) is 0. The van der Waals surface area contributed by atoms with E-state index in [4.69, 9.17) is 9.97 Å². The Balaban J connectivity index is 1.54. The zero-order chi connectivity index (χ0) is 35.1. The minimum absolute atomic E-state index is 0.0425. The number of nitriles is 1. The fourth-order valence-corrected chi connectivity index (χ4v) is 7.46. The summed E-state index contributed by atoms with van der Waals surface area (Å²) in [5.74, 6) is 0.636. The normalized spacial score (nSPS) is 12.4. The van der Waals surface area contributed by atoms with Crippen LogP contribution >= 0.6 is 0 Å². The second kappa shape index (κ2) is 11.1. The van der Waals surface area contributed by atoms with Gasteiger partial charge in [0.25, 0.3) is 0 Å². The molecule has 0 unspecified atom stereocenters. The lowest BCUT2D eigenvalue weighted by Crippen LogP contribution is -2.11. The van der Waals surface area contributed by atoms with Crippen molar-refractivity contribution in [1.29, 1.82) is 5.26 Å². The predicted octanol–water partition coefficient (Wildman–Crippen LogP) is 11.4. The molecule has 5 nitrogen and oxygen atoms in total. The molecule has 8 rings (SSSR count). The number of benzene rings is 5. The molecule has 0 aliphatic rings. The number of nitrogens with zero attached hydrogens (tertiary/aromatic N) is 5. The maximum absolute atomic E-state index is 11.0. The molecule has 0 aliphatic carbocycles. The second-order valence-corrected chi connectivity index (χ2v) is 15.6. The summed E-state index contributed by atoms with van der Waals surface area (Å²) in [6, 6.07) is 39.4. The second-order valence-electron chi connectivity index (χ2n) is 15.6. The van der Waals surface area contributed by atoms with Gasteiger partial charge in [0.05, 0.1) is 39.0 Å². The van der Waals surface area contributed by atoms with Gasteiger partial charge in [-0.05, 0) is 78.3 Å². The summed E-state index contributed by atoms with van der Waals surface area (Å²) >= 11 is 0. The smallest absolute Gasteiger partial charge is 0.161 e. The maximum Gasteiger partial charge on any atom is 0.161 e. The fourth-order valence-electron chi connectivity index (χ4n) is 7.46. The molecule has 3 heterocycles. The summed E-state index contributed by atoms with van der Waals surface area (Å²) in [5, 5.41) is 15.6. The quantitative estimate of drug-likeness (QED) is 0.191. The maximum atomic E-state index is 11.0. The number of fused-ring (bicyclic) bond motifs is 6. The lowest BCUT2D eigenvalue weighted by Gasteiger charge is -2.21. The Morgan fingerprint density at radius 2 is 0.980 bits per heavy atom. The molecule has 8 aromatic rings. The van der Waals surface area contributed by atoms with Gasteiger partial charge in [0.1, 0.15) is 6.07 Å². The van der Waals surface area contributed by atoms with Crippen LogP contribution in [0.5, 0.6) is 0 Å². The summed E-state index contributed by atoms with van der Waals surface area (Å²) in [7, 11) is 0. The molecule has 0 amide bonds. The van der Waals surface area contributed by atoms with E-state index in [1.54, 1.807) is 0 Å². The Kier molecular flexibility index (Phi) is 7.03. The fraction of sp³-hybridized carbons (Fsp3) is 0.222. The minimum atomic E-state index is -0.0437. The molecule has 246 valence electrons. The third-order valence-electron chi connectivity index (χ3n) is 10.0. The van der Waals surface area contributed by atoms with Crippen LogP contribution in [-0.4, -0.2) is 19.1 Å². The Labute approximate surface area is 293 Å². The van der Waals surface area contributed by atoms with E-state index < -0.39 is 0 Å². The van der Waals surface area contributed by atoms with E-state index in [0.29, 0.717) is 11.4 Å². The molecule has 0 radical (unpaired) electrons. The molecule has 0 aliphatic heterocycles. The van der Waals surface area contributed by atoms with Gasteiger partial charge in [-0.25, -0.2) is 9.97 Å². The molecule has 0 N–H and O–H groups in total. The van der Waals surface area contributed by atoms with Gasteiger partial charge < -0.3 is 9.13 Å². The third-order valence-corrected chi connectivity index (χ3v) is 10.0. The first-order valence-corrected chi connectivity index (χ1v) is 17.3. The number of aromatic nitrogens is 4. The van der Waals surface area contributed by atoms with Crippen molar-refractivity contribution in [2.75, 3.05) is 0 Å². The first kappa shape index (κ1) is 31.5. The van der Waals surface area contributed by atoms with Gasteiger partial charge in [0.15, 0.2) is 5.82 Å². The largest absolute Gasteiger partial charge is 0.308 e. The molecule has 0 bridgehead atoms. The number of hydrogen-bond acceptors (Lipinski definition) is 3. The van der Waals surface area contributed by atoms with Gasteiger partial charge in [-0.1, -0.05) is 102 Å². The van der Waals surface area contributed by atoms with Crippen LogP contribution in [0.25, 0.3) is 66.4 Å². The predicted molar refractivity (Wildman–Crippen MR) is 208 cm³/mol. The highest BCUT2D eigenvalue weighted by Gasteiger charge is 2.25. The highest BCUT2D eigenvalue weighted by Crippen LogP contribution is 2.41. The van der Waals surface area contributed by atoms with Gasteiger partial charge in [-0.15, -0.1) is 0 Å². The standard InChI is InChI=1S/C45H41N5/c1-27-21-28(2)48-43(47-27)36-25-39(49-37-15-11-9-13-32(37)34-19-17-30(23-41(34)49)44(3,4)5)29(26-46)22-40(36)50-38-16-12-10-14-33(38)35-20-18-31(24-42(35)50)45(6,7)8/h9-25H,1-8H3. The first-order chi connectivity index (χ1) is 23.8. The van der Waals surface area contributed by atoms with Gasteiger partial charge in [-0.3, -0.25) is 0 Å². The van der Waals surface area contributed by atoms with Crippen LogP contribution in [0.4, 0.5) is 0 Å². The lowest BCUT2D eigenvalue weighted by molar-refractivity contribution is 0.590. The van der Waals surface area contributed by atoms with E-state index in [-0.39, 0.29) is 10.8 Å². The molecule has 5 heteroatoms. The van der Waals surface area contributed by atoms with Gasteiger partial charge in [0, 0.05) is 38.5 Å². The van der Waals surface area contributed by atoms with Crippen molar-refractivity contribution in [1.82, 2.24) is 19.1 Å². The van der Waals surface area contributed by atoms with E-state index in [2.05, 4.69) is 154 Å². The Morgan fingerprint density at radius 3 is 1.46 bits per heavy atom. The highest BCUT2D eigenvalue weighted by molar-refractivity contribution is 6.11. The van der Waals surface area contributed by atoms with Gasteiger partial charge in [-0.2, -0.15) is 5.26 Å². The van der Waals surface area contributed by atoms with Crippen LogP contribution < -0.4 is 0 Å². The summed E-state index contributed by atoms with van der Waals surface area (Å²) < 4.78 is 4.57. The summed E-state index contributed by atoms with van der Waals surface area (Å²) in [4.78, 5) is 10.0. The molecule has 5 aromatic carbocycles. The van der Waals surface area contributed by atoms with Crippen molar-refractivity contribution in [3.8, 4) is 28.8 Å². The first-order valence-electron chi connectivity index (χ1n) is 17.3.